The molecule has 0 fully saturated rings. The maximum atomic E-state index is 11.5. The van der Waals surface area contributed by atoms with E-state index in [1.165, 1.54) is 11.8 Å². The van der Waals surface area contributed by atoms with E-state index in [1.54, 1.807) is 13.0 Å². The number of nitrogens with two attached hydrogens (primary N) is 1. The van der Waals surface area contributed by atoms with Crippen molar-refractivity contribution >= 4 is 23.7 Å². The number of rotatable bonds is 5. The van der Waals surface area contributed by atoms with Crippen LogP contribution in [0, 0.1) is 6.92 Å². The highest BCUT2D eigenvalue weighted by molar-refractivity contribution is 8.00. The van der Waals surface area contributed by atoms with Gasteiger partial charge in [0.25, 0.3) is 0 Å². The fourth-order valence-corrected chi connectivity index (χ4v) is 2.13. The molecule has 0 aliphatic heterocycles. The van der Waals surface area contributed by atoms with E-state index in [2.05, 4.69) is 16.8 Å². The minimum absolute atomic E-state index is 0.460. The van der Waals surface area contributed by atoms with E-state index in [-0.39, 0.29) is 0 Å². The van der Waals surface area contributed by atoms with E-state index < -0.39 is 17.2 Å². The molecule has 8 heteroatoms. The Kier molecular flexibility index (Phi) is 4.90. The first kappa shape index (κ1) is 14.2. The molecule has 3 N–H and O–H groups in total. The minimum atomic E-state index is -0.865. The molecule has 1 aromatic rings. The van der Waals surface area contributed by atoms with Crippen LogP contribution in [0.15, 0.2) is 17.8 Å². The second-order valence-electron chi connectivity index (χ2n) is 3.54. The smallest absolute Gasteiger partial charge is 0.318 e. The van der Waals surface area contributed by atoms with E-state index >= 15 is 0 Å². The van der Waals surface area contributed by atoms with E-state index in [0.717, 1.165) is 5.82 Å². The summed E-state index contributed by atoms with van der Waals surface area (Å²) in [6.45, 7) is 7.68. The third kappa shape index (κ3) is 3.59. The number of hydrogen-bond donors (Lipinski definition) is 2. The molecule has 1 aromatic heterocycles. The molecule has 1 atom stereocenters. The van der Waals surface area contributed by atoms with Crippen LogP contribution < -0.4 is 11.1 Å². The Morgan fingerprint density at radius 2 is 2.28 bits per heavy atom. The lowest BCUT2D eigenvalue weighted by Gasteiger charge is -2.10. The Morgan fingerprint density at radius 3 is 2.83 bits per heavy atom. The van der Waals surface area contributed by atoms with E-state index in [9.17, 15) is 9.59 Å². The lowest BCUT2D eigenvalue weighted by molar-refractivity contribution is -0.119. The fraction of sp³-hybridized carbons (Fsp3) is 0.400. The first-order valence-corrected chi connectivity index (χ1v) is 6.11. The number of carbonyl (C=O) groups is 2. The molecule has 98 valence electrons. The summed E-state index contributed by atoms with van der Waals surface area (Å²) in [6, 6.07) is -0.865. The van der Waals surface area contributed by atoms with Gasteiger partial charge in [0.1, 0.15) is 5.82 Å². The van der Waals surface area contributed by atoms with Crippen LogP contribution in [-0.2, 0) is 11.3 Å². The van der Waals surface area contributed by atoms with Gasteiger partial charge in [-0.2, -0.15) is 0 Å². The molecule has 0 radical (unpaired) electrons. The van der Waals surface area contributed by atoms with Gasteiger partial charge in [-0.05, 0) is 13.8 Å². The zero-order valence-corrected chi connectivity index (χ0v) is 11.0. The summed E-state index contributed by atoms with van der Waals surface area (Å²) < 4.78 is 1.83. The molecular weight excluding hydrogens is 254 g/mol. The van der Waals surface area contributed by atoms with Crippen molar-refractivity contribution in [3.63, 3.8) is 0 Å². The van der Waals surface area contributed by atoms with Gasteiger partial charge in [-0.1, -0.05) is 17.8 Å². The van der Waals surface area contributed by atoms with Gasteiger partial charge in [-0.15, -0.1) is 16.8 Å². The molecule has 0 spiro atoms. The third-order valence-electron chi connectivity index (χ3n) is 2.11. The van der Waals surface area contributed by atoms with Gasteiger partial charge in [0.15, 0.2) is 5.16 Å². The van der Waals surface area contributed by atoms with Gasteiger partial charge in [0.2, 0.25) is 5.91 Å². The predicted molar refractivity (Wildman–Crippen MR) is 68.0 cm³/mol. The highest BCUT2D eigenvalue weighted by Crippen LogP contribution is 2.22. The number of aryl methyl sites for hydroxylation is 1. The number of amides is 3. The second kappa shape index (κ2) is 6.20. The standard InChI is InChI=1S/C10H15N5O2S/c1-4-5-15-7(3)13-14-10(15)18-6(2)8(16)12-9(11)17/h4,6H,1,5H2,2-3H3,(H3,11,12,16,17)/t6-/m1/s1. The van der Waals surface area contributed by atoms with Crippen molar-refractivity contribution in [3.8, 4) is 0 Å². The zero-order valence-electron chi connectivity index (χ0n) is 10.2. The number of hydrogen-bond acceptors (Lipinski definition) is 5. The van der Waals surface area contributed by atoms with Gasteiger partial charge in [-0.3, -0.25) is 10.1 Å². The van der Waals surface area contributed by atoms with Gasteiger partial charge < -0.3 is 10.3 Å². The van der Waals surface area contributed by atoms with Crippen molar-refractivity contribution < 1.29 is 9.59 Å². The maximum Gasteiger partial charge on any atom is 0.318 e. The van der Waals surface area contributed by atoms with E-state index in [1.807, 2.05) is 16.8 Å². The third-order valence-corrected chi connectivity index (χ3v) is 3.19. The van der Waals surface area contributed by atoms with Crippen LogP contribution in [-0.4, -0.2) is 32.0 Å². The SMILES string of the molecule is C=CCn1c(C)nnc1S[C@H](C)C(=O)NC(N)=O. The topological polar surface area (TPSA) is 103 Å². The van der Waals surface area contributed by atoms with Crippen LogP contribution in [0.5, 0.6) is 0 Å². The molecule has 1 rings (SSSR count). The number of nitrogens with one attached hydrogen (secondary N) is 1. The zero-order chi connectivity index (χ0) is 13.7. The molecule has 0 saturated heterocycles. The molecule has 0 unspecified atom stereocenters. The van der Waals surface area contributed by atoms with Crippen molar-refractivity contribution in [2.75, 3.05) is 0 Å². The fourth-order valence-electron chi connectivity index (χ4n) is 1.22. The Labute approximate surface area is 109 Å². The molecule has 7 nitrogen and oxygen atoms in total. The van der Waals surface area contributed by atoms with Gasteiger partial charge >= 0.3 is 6.03 Å². The van der Waals surface area contributed by atoms with E-state index in [0.29, 0.717) is 11.7 Å². The summed E-state index contributed by atoms with van der Waals surface area (Å²) in [5.74, 6) is 0.276. The molecule has 3 amide bonds. The van der Waals surface area contributed by atoms with Crippen molar-refractivity contribution in [1.29, 1.82) is 0 Å². The Balaban J connectivity index is 2.75. The van der Waals surface area contributed by atoms with Gasteiger partial charge in [-0.25, -0.2) is 4.79 Å². The normalized spacial score (nSPS) is 11.9. The average molecular weight is 269 g/mol. The number of carbonyl (C=O) groups excluding carboxylic acids is 2. The predicted octanol–water partition coefficient (Wildman–Crippen LogP) is 0.448. The summed E-state index contributed by atoms with van der Waals surface area (Å²) in [5, 5.41) is 10.0. The minimum Gasteiger partial charge on any atom is -0.351 e. The Bertz CT molecular complexity index is 471. The number of allylic oxidation sites excluding steroid dienone is 1. The first-order valence-electron chi connectivity index (χ1n) is 5.23. The molecule has 0 bridgehead atoms. The largest absolute Gasteiger partial charge is 0.351 e. The number of imide groups is 1. The summed E-state index contributed by atoms with van der Waals surface area (Å²) in [5.41, 5.74) is 4.88. The highest BCUT2D eigenvalue weighted by Gasteiger charge is 2.19. The van der Waals surface area contributed by atoms with Crippen molar-refractivity contribution in [2.24, 2.45) is 5.73 Å². The van der Waals surface area contributed by atoms with Crippen LogP contribution in [0.25, 0.3) is 0 Å². The van der Waals surface area contributed by atoms with Crippen LogP contribution in [0.1, 0.15) is 12.7 Å². The number of primary amides is 1. The summed E-state index contributed by atoms with van der Waals surface area (Å²) in [7, 11) is 0. The monoisotopic (exact) mass is 269 g/mol. The van der Waals surface area contributed by atoms with Gasteiger partial charge in [0.05, 0.1) is 5.25 Å². The molecule has 0 aromatic carbocycles. The highest BCUT2D eigenvalue weighted by atomic mass is 32.2. The van der Waals surface area contributed by atoms with E-state index in [4.69, 9.17) is 5.73 Å². The lowest BCUT2D eigenvalue weighted by atomic mass is 10.4. The van der Waals surface area contributed by atoms with Crippen molar-refractivity contribution in [1.82, 2.24) is 20.1 Å². The molecular formula is C10H15N5O2S. The summed E-state index contributed by atoms with van der Waals surface area (Å²) >= 11 is 1.20. The number of aromatic nitrogens is 3. The van der Waals surface area contributed by atoms with Crippen LogP contribution in [0.2, 0.25) is 0 Å². The summed E-state index contributed by atoms with van der Waals surface area (Å²) in [4.78, 5) is 22.1. The van der Waals surface area contributed by atoms with Crippen LogP contribution in [0.4, 0.5) is 4.79 Å². The molecule has 0 saturated carbocycles. The summed E-state index contributed by atoms with van der Waals surface area (Å²) in [6.07, 6.45) is 1.72. The Morgan fingerprint density at radius 1 is 1.61 bits per heavy atom. The quantitative estimate of drug-likeness (QED) is 0.596. The van der Waals surface area contributed by atoms with Crippen LogP contribution >= 0.6 is 11.8 Å². The van der Waals surface area contributed by atoms with Gasteiger partial charge in [0, 0.05) is 6.54 Å². The number of nitrogens with zero attached hydrogens (tertiary/aromatic N) is 3. The number of thioether (sulfide) groups is 1. The average Bonchev–Trinajstić information content (AvgIpc) is 2.61. The van der Waals surface area contributed by atoms with Crippen molar-refractivity contribution in [3.05, 3.63) is 18.5 Å². The van der Waals surface area contributed by atoms with Crippen LogP contribution in [0.3, 0.4) is 0 Å². The second-order valence-corrected chi connectivity index (χ2v) is 4.85. The molecule has 1 heterocycles. The first-order chi connectivity index (χ1) is 8.45. The Hall–Kier alpha value is -1.83. The lowest BCUT2D eigenvalue weighted by Crippen LogP contribution is -2.39. The van der Waals surface area contributed by atoms with Crippen molar-refractivity contribution in [2.45, 2.75) is 30.8 Å². The number of urea groups is 1. The molecule has 0 aliphatic carbocycles. The molecule has 0 aliphatic rings. The maximum absolute atomic E-state index is 11.5. The molecule has 18 heavy (non-hydrogen) atoms.